The molecule has 0 unspecified atom stereocenters. The van der Waals surface area contributed by atoms with Gasteiger partial charge in [0.25, 0.3) is 5.69 Å². The van der Waals surface area contributed by atoms with Gasteiger partial charge < -0.3 is 10.0 Å². The van der Waals surface area contributed by atoms with Crippen LogP contribution in [0.15, 0.2) is 16.6 Å². The van der Waals surface area contributed by atoms with Gasteiger partial charge in [0, 0.05) is 29.7 Å². The Bertz CT molecular complexity index is 527. The summed E-state index contributed by atoms with van der Waals surface area (Å²) in [6.07, 6.45) is 3.76. The lowest BCUT2D eigenvalue weighted by Gasteiger charge is -2.30. The molecule has 110 valence electrons. The van der Waals surface area contributed by atoms with Crippen LogP contribution in [0.3, 0.4) is 0 Å². The van der Waals surface area contributed by atoms with Crippen molar-refractivity contribution in [1.29, 1.82) is 0 Å². The Labute approximate surface area is 126 Å². The summed E-state index contributed by atoms with van der Waals surface area (Å²) in [5.41, 5.74) is 0.963. The van der Waals surface area contributed by atoms with Gasteiger partial charge in [-0.25, -0.2) is 0 Å². The first-order valence-electron chi connectivity index (χ1n) is 6.70. The van der Waals surface area contributed by atoms with Crippen molar-refractivity contribution in [2.45, 2.75) is 38.2 Å². The van der Waals surface area contributed by atoms with Gasteiger partial charge in [0.1, 0.15) is 0 Å². The minimum absolute atomic E-state index is 0.105. The third kappa shape index (κ3) is 3.12. The molecule has 0 atom stereocenters. The molecule has 1 aromatic rings. The van der Waals surface area contributed by atoms with Crippen LogP contribution in [0.1, 0.15) is 31.2 Å². The van der Waals surface area contributed by atoms with Crippen LogP contribution < -0.4 is 4.90 Å². The van der Waals surface area contributed by atoms with Crippen molar-refractivity contribution in [3.8, 4) is 0 Å². The SMILES string of the molecule is Cc1cc(N(C)CC2(O)CCCC2)c(Br)cc1[N+](=O)[O-]. The predicted octanol–water partition coefficient (Wildman–Crippen LogP) is 3.41. The first-order valence-corrected chi connectivity index (χ1v) is 7.50. The lowest BCUT2D eigenvalue weighted by atomic mass is 10.0. The van der Waals surface area contributed by atoms with Crippen molar-refractivity contribution >= 4 is 27.3 Å². The highest BCUT2D eigenvalue weighted by molar-refractivity contribution is 9.10. The number of aryl methyl sites for hydroxylation is 1. The molecule has 0 aromatic heterocycles. The lowest BCUT2D eigenvalue weighted by molar-refractivity contribution is -0.385. The van der Waals surface area contributed by atoms with Crippen molar-refractivity contribution in [2.24, 2.45) is 0 Å². The van der Waals surface area contributed by atoms with E-state index in [2.05, 4.69) is 15.9 Å². The van der Waals surface area contributed by atoms with Crippen LogP contribution >= 0.6 is 15.9 Å². The predicted molar refractivity (Wildman–Crippen MR) is 82.2 cm³/mol. The Hall–Kier alpha value is -1.14. The molecular formula is C14H19BrN2O3. The molecule has 1 aliphatic rings. The zero-order valence-corrected chi connectivity index (χ0v) is 13.3. The molecule has 20 heavy (non-hydrogen) atoms. The van der Waals surface area contributed by atoms with Gasteiger partial charge in [-0.05, 0) is 41.8 Å². The summed E-state index contributed by atoms with van der Waals surface area (Å²) in [5.74, 6) is 0. The van der Waals surface area contributed by atoms with Crippen LogP contribution in [-0.4, -0.2) is 29.2 Å². The molecule has 1 saturated carbocycles. The standard InChI is InChI=1S/C14H19BrN2O3/c1-10-7-13(11(15)8-12(10)17(19)20)16(2)9-14(18)5-3-4-6-14/h7-8,18H,3-6,9H2,1-2H3. The minimum atomic E-state index is -0.635. The molecule has 2 rings (SSSR count). The van der Waals surface area contributed by atoms with E-state index in [1.165, 1.54) is 6.07 Å². The van der Waals surface area contributed by atoms with Crippen molar-refractivity contribution in [3.63, 3.8) is 0 Å². The number of aliphatic hydroxyl groups is 1. The molecule has 1 aliphatic carbocycles. The Morgan fingerprint density at radius 2 is 2.05 bits per heavy atom. The summed E-state index contributed by atoms with van der Waals surface area (Å²) in [4.78, 5) is 12.5. The second-order valence-corrected chi connectivity index (χ2v) is 6.49. The number of likely N-dealkylation sites (N-methyl/N-ethyl adjacent to an activating group) is 1. The van der Waals surface area contributed by atoms with Crippen LogP contribution in [0.5, 0.6) is 0 Å². The monoisotopic (exact) mass is 342 g/mol. The van der Waals surface area contributed by atoms with E-state index in [9.17, 15) is 15.2 Å². The lowest BCUT2D eigenvalue weighted by Crippen LogP contribution is -2.39. The molecule has 0 bridgehead atoms. The zero-order chi connectivity index (χ0) is 14.9. The van der Waals surface area contributed by atoms with Gasteiger partial charge in [0.05, 0.1) is 16.2 Å². The van der Waals surface area contributed by atoms with Gasteiger partial charge in [0.2, 0.25) is 0 Å². The highest BCUT2D eigenvalue weighted by Crippen LogP contribution is 2.35. The highest BCUT2D eigenvalue weighted by Gasteiger charge is 2.32. The number of anilines is 1. The van der Waals surface area contributed by atoms with Crippen LogP contribution in [0.4, 0.5) is 11.4 Å². The van der Waals surface area contributed by atoms with Crippen LogP contribution in [0, 0.1) is 17.0 Å². The van der Waals surface area contributed by atoms with E-state index in [4.69, 9.17) is 0 Å². The van der Waals surface area contributed by atoms with E-state index in [0.29, 0.717) is 16.6 Å². The van der Waals surface area contributed by atoms with Gasteiger partial charge in [-0.15, -0.1) is 0 Å². The molecule has 1 N–H and O–H groups in total. The first kappa shape index (κ1) is 15.3. The van der Waals surface area contributed by atoms with Gasteiger partial charge >= 0.3 is 0 Å². The van der Waals surface area contributed by atoms with Crippen LogP contribution in [-0.2, 0) is 0 Å². The summed E-state index contributed by atoms with van der Waals surface area (Å²) in [6, 6.07) is 3.32. The number of benzene rings is 1. The third-order valence-corrected chi connectivity index (χ3v) is 4.57. The van der Waals surface area contributed by atoms with E-state index in [1.807, 2.05) is 11.9 Å². The quantitative estimate of drug-likeness (QED) is 0.672. The van der Waals surface area contributed by atoms with Crippen molar-refractivity contribution in [2.75, 3.05) is 18.5 Å². The average molecular weight is 343 g/mol. The number of hydrogen-bond donors (Lipinski definition) is 1. The van der Waals surface area contributed by atoms with Crippen molar-refractivity contribution < 1.29 is 10.0 Å². The fourth-order valence-corrected chi connectivity index (χ4v) is 3.50. The van der Waals surface area contributed by atoms with E-state index in [-0.39, 0.29) is 10.6 Å². The Morgan fingerprint density at radius 1 is 1.45 bits per heavy atom. The van der Waals surface area contributed by atoms with Gasteiger partial charge in [-0.2, -0.15) is 0 Å². The Kier molecular flexibility index (Phi) is 4.34. The molecule has 0 saturated heterocycles. The van der Waals surface area contributed by atoms with Crippen molar-refractivity contribution in [1.82, 2.24) is 0 Å². The fraction of sp³-hybridized carbons (Fsp3) is 0.571. The second-order valence-electron chi connectivity index (χ2n) is 5.63. The molecule has 1 aromatic carbocycles. The van der Waals surface area contributed by atoms with Crippen molar-refractivity contribution in [3.05, 3.63) is 32.3 Å². The highest BCUT2D eigenvalue weighted by atomic mass is 79.9. The largest absolute Gasteiger partial charge is 0.388 e. The van der Waals surface area contributed by atoms with Gasteiger partial charge in [-0.3, -0.25) is 10.1 Å². The smallest absolute Gasteiger partial charge is 0.273 e. The first-order chi connectivity index (χ1) is 9.32. The van der Waals surface area contributed by atoms with Crippen LogP contribution in [0.2, 0.25) is 0 Å². The summed E-state index contributed by atoms with van der Waals surface area (Å²) in [7, 11) is 1.90. The average Bonchev–Trinajstić information content (AvgIpc) is 2.77. The topological polar surface area (TPSA) is 66.6 Å². The summed E-state index contributed by atoms with van der Waals surface area (Å²) < 4.78 is 0.680. The molecule has 0 radical (unpaired) electrons. The molecule has 1 fully saturated rings. The number of nitro groups is 1. The maximum Gasteiger partial charge on any atom is 0.273 e. The Morgan fingerprint density at radius 3 is 2.60 bits per heavy atom. The number of halogens is 1. The summed E-state index contributed by atoms with van der Waals surface area (Å²) in [5, 5.41) is 21.4. The van der Waals surface area contributed by atoms with E-state index < -0.39 is 5.60 Å². The molecule has 5 nitrogen and oxygen atoms in total. The number of nitrogens with zero attached hydrogens (tertiary/aromatic N) is 2. The second kappa shape index (κ2) is 5.69. The fourth-order valence-electron chi connectivity index (χ4n) is 2.86. The molecule has 0 spiro atoms. The molecule has 0 heterocycles. The minimum Gasteiger partial charge on any atom is -0.388 e. The maximum atomic E-state index is 10.9. The normalized spacial score (nSPS) is 17.2. The third-order valence-electron chi connectivity index (χ3n) is 3.94. The van der Waals surface area contributed by atoms with Crippen LogP contribution in [0.25, 0.3) is 0 Å². The van der Waals surface area contributed by atoms with Gasteiger partial charge in [-0.1, -0.05) is 12.8 Å². The summed E-state index contributed by atoms with van der Waals surface area (Å²) in [6.45, 7) is 2.27. The van der Waals surface area contributed by atoms with E-state index in [1.54, 1.807) is 13.0 Å². The van der Waals surface area contributed by atoms with E-state index >= 15 is 0 Å². The maximum absolute atomic E-state index is 10.9. The molecule has 0 amide bonds. The Balaban J connectivity index is 2.24. The number of hydrogen-bond acceptors (Lipinski definition) is 4. The number of nitro benzene ring substituents is 1. The van der Waals surface area contributed by atoms with Gasteiger partial charge in [0.15, 0.2) is 0 Å². The van der Waals surface area contributed by atoms with E-state index in [0.717, 1.165) is 31.4 Å². The zero-order valence-electron chi connectivity index (χ0n) is 11.7. The summed E-state index contributed by atoms with van der Waals surface area (Å²) >= 11 is 3.39. The molecular weight excluding hydrogens is 324 g/mol. The molecule has 0 aliphatic heterocycles. The molecule has 6 heteroatoms. The number of rotatable bonds is 4.